The number of benzene rings is 2. The average molecular weight is 455 g/mol. The summed E-state index contributed by atoms with van der Waals surface area (Å²) in [5, 5.41) is 15.0. The third-order valence-corrected chi connectivity index (χ3v) is 5.28. The van der Waals surface area contributed by atoms with Crippen LogP contribution in [0.2, 0.25) is 5.02 Å². The Bertz CT molecular complexity index is 1100. The van der Waals surface area contributed by atoms with Crippen molar-refractivity contribution in [1.29, 1.82) is 0 Å². The summed E-state index contributed by atoms with van der Waals surface area (Å²) < 4.78 is 30.5. The number of hydrazone groups is 1. The topological polar surface area (TPSA) is 131 Å². The van der Waals surface area contributed by atoms with Crippen LogP contribution in [0.15, 0.2) is 47.6 Å². The lowest BCUT2D eigenvalue weighted by molar-refractivity contribution is -0.384. The van der Waals surface area contributed by atoms with E-state index in [2.05, 4.69) is 10.5 Å². The van der Waals surface area contributed by atoms with E-state index in [1.54, 1.807) is 13.0 Å². The second kappa shape index (κ2) is 9.55. The molecular weight excluding hydrogens is 436 g/mol. The Morgan fingerprint density at radius 2 is 2.00 bits per heavy atom. The van der Waals surface area contributed by atoms with E-state index in [1.165, 1.54) is 43.5 Å². The number of halogens is 1. The average Bonchev–Trinajstić information content (AvgIpc) is 2.69. The van der Waals surface area contributed by atoms with Crippen LogP contribution in [-0.2, 0) is 14.8 Å². The van der Waals surface area contributed by atoms with Gasteiger partial charge in [-0.25, -0.2) is 13.8 Å². The summed E-state index contributed by atoms with van der Waals surface area (Å²) in [4.78, 5) is 22.7. The molecule has 10 nitrogen and oxygen atoms in total. The van der Waals surface area contributed by atoms with Crippen molar-refractivity contribution in [1.82, 2.24) is 5.43 Å². The zero-order chi connectivity index (χ0) is 22.5. The van der Waals surface area contributed by atoms with E-state index in [1.807, 2.05) is 0 Å². The number of non-ortho nitro benzene ring substituents is 1. The minimum absolute atomic E-state index is 0.0991. The van der Waals surface area contributed by atoms with E-state index >= 15 is 0 Å². The predicted molar refractivity (Wildman–Crippen MR) is 114 cm³/mol. The Balaban J connectivity index is 2.24. The van der Waals surface area contributed by atoms with Crippen molar-refractivity contribution in [2.75, 3.05) is 24.2 Å². The van der Waals surface area contributed by atoms with Gasteiger partial charge in [0.25, 0.3) is 11.6 Å². The fraction of sp³-hybridized carbons (Fsp3) is 0.222. The second-order valence-corrected chi connectivity index (χ2v) is 8.47. The summed E-state index contributed by atoms with van der Waals surface area (Å²) in [7, 11) is -2.50. The van der Waals surface area contributed by atoms with Crippen molar-refractivity contribution in [3.05, 3.63) is 63.2 Å². The number of anilines is 1. The van der Waals surface area contributed by atoms with Gasteiger partial charge in [-0.15, -0.1) is 0 Å². The highest BCUT2D eigenvalue weighted by atomic mass is 35.5. The van der Waals surface area contributed by atoms with Crippen molar-refractivity contribution in [3.8, 4) is 5.75 Å². The van der Waals surface area contributed by atoms with Crippen LogP contribution in [0.4, 0.5) is 11.4 Å². The first-order chi connectivity index (χ1) is 14.0. The van der Waals surface area contributed by atoms with Gasteiger partial charge >= 0.3 is 0 Å². The van der Waals surface area contributed by atoms with Crippen molar-refractivity contribution >= 4 is 44.6 Å². The molecule has 0 spiro atoms. The molecule has 0 radical (unpaired) electrons. The van der Waals surface area contributed by atoms with Gasteiger partial charge in [0, 0.05) is 22.7 Å². The molecule has 0 saturated carbocycles. The highest BCUT2D eigenvalue weighted by Gasteiger charge is 2.24. The normalized spacial score (nSPS) is 11.7. The van der Waals surface area contributed by atoms with Gasteiger partial charge in [-0.1, -0.05) is 23.7 Å². The molecule has 0 aliphatic heterocycles. The van der Waals surface area contributed by atoms with E-state index in [9.17, 15) is 23.3 Å². The number of carbonyl (C=O) groups excluding carboxylic acids is 1. The number of ether oxygens (including phenoxy) is 1. The maximum absolute atomic E-state index is 12.4. The lowest BCUT2D eigenvalue weighted by Crippen LogP contribution is -2.39. The standard InChI is InChI=1S/C18H19ClN4O6S/c1-12(13-5-4-6-15(9-13)23(25)26)20-21-18(24)11-22(30(3,27)28)16-10-14(19)7-8-17(16)29-2/h4-10H,11H2,1-3H3,(H,21,24)/b20-12-. The summed E-state index contributed by atoms with van der Waals surface area (Å²) in [6, 6.07) is 10.1. The number of hydrogen-bond acceptors (Lipinski definition) is 7. The fourth-order valence-electron chi connectivity index (χ4n) is 2.46. The van der Waals surface area contributed by atoms with E-state index in [0.29, 0.717) is 11.3 Å². The molecule has 0 heterocycles. The fourth-order valence-corrected chi connectivity index (χ4v) is 3.48. The number of amides is 1. The molecule has 2 aromatic rings. The Morgan fingerprint density at radius 3 is 2.60 bits per heavy atom. The zero-order valence-electron chi connectivity index (χ0n) is 16.3. The van der Waals surface area contributed by atoms with Crippen LogP contribution in [0.3, 0.4) is 0 Å². The molecule has 0 saturated heterocycles. The summed E-state index contributed by atoms with van der Waals surface area (Å²) >= 11 is 5.96. The third-order valence-electron chi connectivity index (χ3n) is 3.92. The van der Waals surface area contributed by atoms with Gasteiger partial charge in [-0.3, -0.25) is 19.2 Å². The minimum Gasteiger partial charge on any atom is -0.495 e. The Morgan fingerprint density at radius 1 is 1.30 bits per heavy atom. The molecule has 160 valence electrons. The SMILES string of the molecule is COc1ccc(Cl)cc1N(CC(=O)N/N=C(/C)c1cccc([N+](=O)[O-])c1)S(C)(=O)=O. The van der Waals surface area contributed by atoms with Gasteiger partial charge in [0.15, 0.2) is 0 Å². The van der Waals surface area contributed by atoms with Crippen molar-refractivity contribution < 1.29 is 22.9 Å². The number of sulfonamides is 1. The van der Waals surface area contributed by atoms with Crippen LogP contribution in [0.5, 0.6) is 5.75 Å². The summed E-state index contributed by atoms with van der Waals surface area (Å²) in [5.74, 6) is -0.513. The molecule has 2 rings (SSSR count). The first-order valence-electron chi connectivity index (χ1n) is 8.42. The highest BCUT2D eigenvalue weighted by Crippen LogP contribution is 2.32. The van der Waals surface area contributed by atoms with Crippen molar-refractivity contribution in [2.45, 2.75) is 6.92 Å². The van der Waals surface area contributed by atoms with E-state index in [-0.39, 0.29) is 22.1 Å². The molecule has 0 aliphatic carbocycles. The number of nitrogens with zero attached hydrogens (tertiary/aromatic N) is 3. The van der Waals surface area contributed by atoms with Crippen LogP contribution in [0.1, 0.15) is 12.5 Å². The van der Waals surface area contributed by atoms with Crippen LogP contribution in [0.25, 0.3) is 0 Å². The maximum Gasteiger partial charge on any atom is 0.270 e. The molecule has 2 aromatic carbocycles. The van der Waals surface area contributed by atoms with Crippen molar-refractivity contribution in [2.24, 2.45) is 5.10 Å². The summed E-state index contributed by atoms with van der Waals surface area (Å²) in [5.41, 5.74) is 2.97. The Kier molecular flexibility index (Phi) is 7.35. The van der Waals surface area contributed by atoms with Gasteiger partial charge in [-0.05, 0) is 25.1 Å². The van der Waals surface area contributed by atoms with Gasteiger partial charge in [0.2, 0.25) is 10.0 Å². The molecule has 30 heavy (non-hydrogen) atoms. The zero-order valence-corrected chi connectivity index (χ0v) is 17.9. The minimum atomic E-state index is -3.86. The second-order valence-electron chi connectivity index (χ2n) is 6.13. The number of carbonyl (C=O) groups is 1. The number of nitrogens with one attached hydrogen (secondary N) is 1. The Labute approximate surface area is 178 Å². The number of rotatable bonds is 8. The van der Waals surface area contributed by atoms with Crippen LogP contribution in [-0.4, -0.2) is 44.9 Å². The molecule has 0 fully saturated rings. The van der Waals surface area contributed by atoms with Crippen LogP contribution < -0.4 is 14.5 Å². The Hall–Kier alpha value is -3.18. The first kappa shape index (κ1) is 23.1. The smallest absolute Gasteiger partial charge is 0.270 e. The largest absolute Gasteiger partial charge is 0.495 e. The van der Waals surface area contributed by atoms with Gasteiger partial charge in [0.05, 0.1) is 29.7 Å². The molecule has 1 amide bonds. The van der Waals surface area contributed by atoms with Crippen LogP contribution >= 0.6 is 11.6 Å². The molecule has 12 heteroatoms. The third kappa shape index (κ3) is 5.91. The van der Waals surface area contributed by atoms with E-state index in [0.717, 1.165) is 10.6 Å². The number of nitro benzene ring substituents is 1. The monoisotopic (exact) mass is 454 g/mol. The number of nitro groups is 1. The molecular formula is C18H19ClN4O6S. The molecule has 0 bridgehead atoms. The van der Waals surface area contributed by atoms with Crippen LogP contribution in [0, 0.1) is 10.1 Å². The molecule has 0 aliphatic rings. The highest BCUT2D eigenvalue weighted by molar-refractivity contribution is 7.92. The quantitative estimate of drug-likeness (QED) is 0.370. The predicted octanol–water partition coefficient (Wildman–Crippen LogP) is 2.56. The first-order valence-corrected chi connectivity index (χ1v) is 10.6. The van der Waals surface area contributed by atoms with Gasteiger partial charge < -0.3 is 4.74 Å². The molecule has 0 unspecified atom stereocenters. The molecule has 0 atom stereocenters. The lowest BCUT2D eigenvalue weighted by Gasteiger charge is -2.23. The summed E-state index contributed by atoms with van der Waals surface area (Å²) in [6.45, 7) is 0.967. The number of methoxy groups -OCH3 is 1. The summed E-state index contributed by atoms with van der Waals surface area (Å²) in [6.07, 6.45) is 0.943. The molecule has 1 N–H and O–H groups in total. The van der Waals surface area contributed by atoms with Gasteiger partial charge in [-0.2, -0.15) is 5.10 Å². The number of hydrogen-bond donors (Lipinski definition) is 1. The molecule has 0 aromatic heterocycles. The lowest BCUT2D eigenvalue weighted by atomic mass is 10.1. The van der Waals surface area contributed by atoms with Crippen molar-refractivity contribution in [3.63, 3.8) is 0 Å². The maximum atomic E-state index is 12.4. The van der Waals surface area contributed by atoms with E-state index < -0.39 is 27.4 Å². The van der Waals surface area contributed by atoms with E-state index in [4.69, 9.17) is 16.3 Å². The van der Waals surface area contributed by atoms with Gasteiger partial charge in [0.1, 0.15) is 12.3 Å².